The van der Waals surface area contributed by atoms with Crippen molar-refractivity contribution in [1.29, 1.82) is 0 Å². The van der Waals surface area contributed by atoms with Crippen LogP contribution in [0.4, 0.5) is 0 Å². The van der Waals surface area contributed by atoms with E-state index in [0.29, 0.717) is 12.0 Å². The monoisotopic (exact) mass is 256 g/mol. The molecule has 1 rings (SSSR count). The molecule has 0 aliphatic carbocycles. The van der Waals surface area contributed by atoms with Gasteiger partial charge >= 0.3 is 0 Å². The highest BCUT2D eigenvalue weighted by Crippen LogP contribution is 2.44. The van der Waals surface area contributed by atoms with Gasteiger partial charge in [0.15, 0.2) is 0 Å². The van der Waals surface area contributed by atoms with Gasteiger partial charge in [0.2, 0.25) is 0 Å². The molecular weight excluding hydrogens is 224 g/mol. The van der Waals surface area contributed by atoms with E-state index in [9.17, 15) is 0 Å². The Hall–Kier alpha value is -0.120. The van der Waals surface area contributed by atoms with Crippen LogP contribution in [0, 0.1) is 5.92 Å². The van der Waals surface area contributed by atoms with Crippen LogP contribution in [0.2, 0.25) is 0 Å². The van der Waals surface area contributed by atoms with E-state index in [2.05, 4.69) is 58.9 Å². The topological polar surface area (TPSA) is 24.5 Å². The van der Waals surface area contributed by atoms with Gasteiger partial charge in [0.05, 0.1) is 11.2 Å². The molecule has 18 heavy (non-hydrogen) atoms. The molecule has 1 heterocycles. The van der Waals surface area contributed by atoms with Crippen molar-refractivity contribution >= 4 is 0 Å². The lowest BCUT2D eigenvalue weighted by Gasteiger charge is -2.34. The molecule has 0 aromatic rings. The van der Waals surface area contributed by atoms with E-state index in [4.69, 9.17) is 4.74 Å². The summed E-state index contributed by atoms with van der Waals surface area (Å²) in [5.74, 6) is 0.590. The average molecular weight is 256 g/mol. The Morgan fingerprint density at radius 1 is 1.28 bits per heavy atom. The Labute approximate surface area is 113 Å². The van der Waals surface area contributed by atoms with Gasteiger partial charge in [-0.25, -0.2) is 0 Å². The summed E-state index contributed by atoms with van der Waals surface area (Å²) in [6.45, 7) is 13.3. The molecule has 0 radical (unpaired) electrons. The fraction of sp³-hybridized carbons (Fsp3) is 1.00. The first-order valence-corrected chi connectivity index (χ1v) is 7.26. The molecule has 108 valence electrons. The van der Waals surface area contributed by atoms with Crippen LogP contribution in [0.15, 0.2) is 0 Å². The van der Waals surface area contributed by atoms with E-state index in [0.717, 1.165) is 19.5 Å². The van der Waals surface area contributed by atoms with Gasteiger partial charge < -0.3 is 15.0 Å². The second kappa shape index (κ2) is 5.89. The zero-order valence-corrected chi connectivity index (χ0v) is 13.3. The lowest BCUT2D eigenvalue weighted by atomic mass is 9.80. The Morgan fingerprint density at radius 3 is 2.28 bits per heavy atom. The maximum absolute atomic E-state index is 6.23. The minimum atomic E-state index is -0.0251. The Balaban J connectivity index is 2.72. The molecule has 0 amide bonds. The van der Waals surface area contributed by atoms with Gasteiger partial charge in [-0.15, -0.1) is 0 Å². The van der Waals surface area contributed by atoms with Crippen molar-refractivity contribution in [3.8, 4) is 0 Å². The van der Waals surface area contributed by atoms with Crippen LogP contribution in [0.3, 0.4) is 0 Å². The van der Waals surface area contributed by atoms with Gasteiger partial charge in [-0.1, -0.05) is 6.92 Å². The first-order valence-electron chi connectivity index (χ1n) is 7.26. The Morgan fingerprint density at radius 2 is 1.89 bits per heavy atom. The van der Waals surface area contributed by atoms with Crippen molar-refractivity contribution in [2.45, 2.75) is 64.7 Å². The third-order valence-corrected chi connectivity index (χ3v) is 3.98. The number of rotatable bonds is 6. The van der Waals surface area contributed by atoms with Crippen LogP contribution in [-0.4, -0.2) is 49.3 Å². The molecular formula is C15H32N2O. The van der Waals surface area contributed by atoms with E-state index in [1.165, 1.54) is 6.42 Å². The average Bonchev–Trinajstić information content (AvgIpc) is 2.41. The first kappa shape index (κ1) is 15.9. The fourth-order valence-electron chi connectivity index (χ4n) is 3.34. The third kappa shape index (κ3) is 4.22. The summed E-state index contributed by atoms with van der Waals surface area (Å²) in [5.41, 5.74) is -0.0113. The van der Waals surface area contributed by atoms with Crippen molar-refractivity contribution in [3.63, 3.8) is 0 Å². The molecule has 0 aromatic carbocycles. The summed E-state index contributed by atoms with van der Waals surface area (Å²) in [4.78, 5) is 2.26. The third-order valence-electron chi connectivity index (χ3n) is 3.98. The largest absolute Gasteiger partial charge is 0.369 e. The minimum absolute atomic E-state index is 0.0138. The van der Waals surface area contributed by atoms with Crippen LogP contribution in [0.1, 0.15) is 47.5 Å². The van der Waals surface area contributed by atoms with Crippen molar-refractivity contribution < 1.29 is 4.74 Å². The number of nitrogens with one attached hydrogen (secondary N) is 1. The van der Waals surface area contributed by atoms with Gasteiger partial charge in [-0.3, -0.25) is 0 Å². The van der Waals surface area contributed by atoms with E-state index in [-0.39, 0.29) is 11.2 Å². The maximum Gasteiger partial charge on any atom is 0.0677 e. The molecule has 3 nitrogen and oxygen atoms in total. The molecule has 2 unspecified atom stereocenters. The number of hydrogen-bond donors (Lipinski definition) is 1. The highest BCUT2D eigenvalue weighted by molar-refractivity contribution is 4.99. The molecule has 0 aromatic heterocycles. The van der Waals surface area contributed by atoms with E-state index in [1.807, 2.05) is 0 Å². The van der Waals surface area contributed by atoms with Crippen molar-refractivity contribution in [3.05, 3.63) is 0 Å². The highest BCUT2D eigenvalue weighted by atomic mass is 16.5. The van der Waals surface area contributed by atoms with Gasteiger partial charge in [0.25, 0.3) is 0 Å². The predicted octanol–water partition coefficient (Wildman–Crippen LogP) is 2.51. The molecule has 0 bridgehead atoms. The number of nitrogens with zero attached hydrogens (tertiary/aromatic N) is 1. The molecule has 0 spiro atoms. The first-order chi connectivity index (χ1) is 8.18. The normalized spacial score (nSPS) is 27.7. The molecule has 1 fully saturated rings. The van der Waals surface area contributed by atoms with E-state index < -0.39 is 0 Å². The summed E-state index contributed by atoms with van der Waals surface area (Å²) in [5, 5.41) is 3.67. The van der Waals surface area contributed by atoms with Crippen molar-refractivity contribution in [1.82, 2.24) is 10.2 Å². The van der Waals surface area contributed by atoms with Gasteiger partial charge in [-0.05, 0) is 67.7 Å². The van der Waals surface area contributed by atoms with Crippen molar-refractivity contribution in [2.24, 2.45) is 5.92 Å². The van der Waals surface area contributed by atoms with Crippen LogP contribution in [-0.2, 0) is 4.74 Å². The predicted molar refractivity (Wildman–Crippen MR) is 78.0 cm³/mol. The Bertz CT molecular complexity index is 261. The summed E-state index contributed by atoms with van der Waals surface area (Å²) >= 11 is 0. The second-order valence-corrected chi connectivity index (χ2v) is 7.03. The zero-order valence-electron chi connectivity index (χ0n) is 13.3. The van der Waals surface area contributed by atoms with Gasteiger partial charge in [-0.2, -0.15) is 0 Å². The van der Waals surface area contributed by atoms with Gasteiger partial charge in [0.1, 0.15) is 0 Å². The zero-order chi connectivity index (χ0) is 14.0. The van der Waals surface area contributed by atoms with E-state index in [1.54, 1.807) is 0 Å². The van der Waals surface area contributed by atoms with Crippen LogP contribution < -0.4 is 5.32 Å². The maximum atomic E-state index is 6.23. The summed E-state index contributed by atoms with van der Waals surface area (Å²) in [6.07, 6.45) is 2.33. The van der Waals surface area contributed by atoms with E-state index >= 15 is 0 Å². The Kier molecular flexibility index (Phi) is 5.22. The highest BCUT2D eigenvalue weighted by Gasteiger charge is 2.48. The van der Waals surface area contributed by atoms with Crippen LogP contribution >= 0.6 is 0 Å². The number of ether oxygens (including phenoxy) is 1. The van der Waals surface area contributed by atoms with Crippen LogP contribution in [0.5, 0.6) is 0 Å². The van der Waals surface area contributed by atoms with Crippen LogP contribution in [0.25, 0.3) is 0 Å². The molecule has 0 saturated carbocycles. The summed E-state index contributed by atoms with van der Waals surface area (Å²) in [6, 6.07) is 0.550. The smallest absolute Gasteiger partial charge is 0.0677 e. The standard InChI is InChI=1S/C15H32N2O/c1-8-16-13(9-10-17(6)7)12-11-14(2,3)18-15(12,4)5/h12-13,16H,8-11H2,1-7H3. The quantitative estimate of drug-likeness (QED) is 0.790. The molecule has 3 heteroatoms. The second-order valence-electron chi connectivity index (χ2n) is 7.03. The molecule has 2 atom stereocenters. The lowest BCUT2D eigenvalue weighted by Crippen LogP contribution is -2.45. The molecule has 1 aliphatic rings. The minimum Gasteiger partial charge on any atom is -0.369 e. The summed E-state index contributed by atoms with van der Waals surface area (Å²) < 4.78 is 6.23. The molecule has 1 saturated heterocycles. The SMILES string of the molecule is CCNC(CCN(C)C)C1CC(C)(C)OC1(C)C. The van der Waals surface area contributed by atoms with Gasteiger partial charge in [0, 0.05) is 12.0 Å². The lowest BCUT2D eigenvalue weighted by molar-refractivity contribution is -0.0779. The fourth-order valence-corrected chi connectivity index (χ4v) is 3.34. The van der Waals surface area contributed by atoms with Crippen molar-refractivity contribution in [2.75, 3.05) is 27.2 Å². The molecule has 1 aliphatic heterocycles. The summed E-state index contributed by atoms with van der Waals surface area (Å²) in [7, 11) is 4.28. The molecule has 1 N–H and O–H groups in total. The number of hydrogen-bond acceptors (Lipinski definition) is 3.